The summed E-state index contributed by atoms with van der Waals surface area (Å²) in [4.78, 5) is 31.5. The molecule has 1 aliphatic heterocycles. The van der Waals surface area contributed by atoms with Crippen LogP contribution in [-0.2, 0) is 6.61 Å². The Balaban J connectivity index is 1.45. The Morgan fingerprint density at radius 1 is 0.938 bits per heavy atom. The number of hydrogen-bond acceptors (Lipinski definition) is 5. The number of nitriles is 1. The van der Waals surface area contributed by atoms with Crippen LogP contribution in [-0.4, -0.2) is 16.8 Å². The molecule has 6 nitrogen and oxygen atoms in total. The van der Waals surface area contributed by atoms with Crippen molar-refractivity contribution >= 4 is 28.4 Å². The summed E-state index contributed by atoms with van der Waals surface area (Å²) in [6, 6.07) is 23.1. The standard InChI is InChI=1S/C26H17N3O3/c1-16-12-18(15-32-20-9-6-17(14-27)7-10-20)28-24-13-19(8-11-21(16)24)29-25(30)22-4-2-3-5-23(22)26(29)31/h2-13H,15H2,1H3. The second-order valence-electron chi connectivity index (χ2n) is 7.55. The summed E-state index contributed by atoms with van der Waals surface area (Å²) >= 11 is 0. The number of rotatable bonds is 4. The highest BCUT2D eigenvalue weighted by Crippen LogP contribution is 2.31. The molecule has 0 unspecified atom stereocenters. The van der Waals surface area contributed by atoms with Gasteiger partial charge in [0.1, 0.15) is 12.4 Å². The van der Waals surface area contributed by atoms with Crippen LogP contribution in [0.3, 0.4) is 0 Å². The van der Waals surface area contributed by atoms with E-state index >= 15 is 0 Å². The lowest BCUT2D eigenvalue weighted by Crippen LogP contribution is -2.29. The number of pyridine rings is 1. The van der Waals surface area contributed by atoms with Gasteiger partial charge < -0.3 is 4.74 Å². The summed E-state index contributed by atoms with van der Waals surface area (Å²) in [5.41, 5.74) is 4.29. The quantitative estimate of drug-likeness (QED) is 0.444. The number of ether oxygens (including phenoxy) is 1. The van der Waals surface area contributed by atoms with E-state index in [1.165, 1.54) is 4.90 Å². The zero-order chi connectivity index (χ0) is 22.2. The topological polar surface area (TPSA) is 83.3 Å². The number of anilines is 1. The lowest BCUT2D eigenvalue weighted by Gasteiger charge is -2.15. The van der Waals surface area contributed by atoms with E-state index in [2.05, 4.69) is 11.1 Å². The Morgan fingerprint density at radius 2 is 1.62 bits per heavy atom. The first kappa shape index (κ1) is 19.5. The lowest BCUT2D eigenvalue weighted by molar-refractivity contribution is 0.0926. The summed E-state index contributed by atoms with van der Waals surface area (Å²) in [5, 5.41) is 9.84. The van der Waals surface area contributed by atoms with Gasteiger partial charge in [0, 0.05) is 5.39 Å². The van der Waals surface area contributed by atoms with Crippen LogP contribution in [0.5, 0.6) is 5.75 Å². The van der Waals surface area contributed by atoms with Crippen molar-refractivity contribution in [3.8, 4) is 11.8 Å². The highest BCUT2D eigenvalue weighted by atomic mass is 16.5. The highest BCUT2D eigenvalue weighted by molar-refractivity contribution is 6.34. The molecular formula is C26H17N3O3. The maximum atomic E-state index is 12.8. The molecule has 0 radical (unpaired) electrons. The van der Waals surface area contributed by atoms with Crippen molar-refractivity contribution in [1.29, 1.82) is 5.26 Å². The lowest BCUT2D eigenvalue weighted by atomic mass is 10.1. The highest BCUT2D eigenvalue weighted by Gasteiger charge is 2.36. The molecule has 0 fully saturated rings. The molecule has 0 atom stereocenters. The molecule has 0 spiro atoms. The Bertz CT molecular complexity index is 1400. The molecule has 3 aromatic carbocycles. The number of carbonyl (C=O) groups is 2. The van der Waals surface area contributed by atoms with Crippen LogP contribution < -0.4 is 9.64 Å². The number of amides is 2. The van der Waals surface area contributed by atoms with Gasteiger partial charge in [-0.2, -0.15) is 5.26 Å². The van der Waals surface area contributed by atoms with Gasteiger partial charge in [-0.25, -0.2) is 9.88 Å². The van der Waals surface area contributed by atoms with Crippen molar-refractivity contribution in [2.24, 2.45) is 0 Å². The van der Waals surface area contributed by atoms with Crippen molar-refractivity contribution in [3.63, 3.8) is 0 Å². The van der Waals surface area contributed by atoms with Gasteiger partial charge >= 0.3 is 0 Å². The van der Waals surface area contributed by atoms with Crippen LogP contribution in [0.25, 0.3) is 10.9 Å². The van der Waals surface area contributed by atoms with Gasteiger partial charge in [0.25, 0.3) is 11.8 Å². The normalized spacial score (nSPS) is 12.7. The van der Waals surface area contributed by atoms with Crippen LogP contribution in [0, 0.1) is 18.3 Å². The van der Waals surface area contributed by atoms with Gasteiger partial charge in [0.2, 0.25) is 0 Å². The largest absolute Gasteiger partial charge is 0.487 e. The molecule has 1 aromatic heterocycles. The number of hydrogen-bond donors (Lipinski definition) is 0. The summed E-state index contributed by atoms with van der Waals surface area (Å²) < 4.78 is 5.81. The molecule has 4 aromatic rings. The Hall–Kier alpha value is -4.50. The maximum absolute atomic E-state index is 12.8. The molecular weight excluding hydrogens is 402 g/mol. The monoisotopic (exact) mass is 419 g/mol. The molecule has 5 rings (SSSR count). The Morgan fingerprint density at radius 3 is 2.28 bits per heavy atom. The number of aryl methyl sites for hydroxylation is 1. The van der Waals surface area contributed by atoms with Crippen molar-refractivity contribution in [1.82, 2.24) is 4.98 Å². The molecule has 0 N–H and O–H groups in total. The summed E-state index contributed by atoms with van der Waals surface area (Å²) in [7, 11) is 0. The molecule has 6 heteroatoms. The van der Waals surface area contributed by atoms with Crippen molar-refractivity contribution in [2.75, 3.05) is 4.90 Å². The third-order valence-electron chi connectivity index (χ3n) is 5.48. The SMILES string of the molecule is Cc1cc(COc2ccc(C#N)cc2)nc2cc(N3C(=O)c4ccccc4C3=O)ccc12. The van der Waals surface area contributed by atoms with E-state index in [1.807, 2.05) is 19.1 Å². The first-order valence-corrected chi connectivity index (χ1v) is 10.1. The number of benzene rings is 3. The van der Waals surface area contributed by atoms with E-state index < -0.39 is 0 Å². The van der Waals surface area contributed by atoms with Gasteiger partial charge in [-0.3, -0.25) is 9.59 Å². The van der Waals surface area contributed by atoms with E-state index in [0.717, 1.165) is 16.6 Å². The molecule has 2 heterocycles. The molecule has 0 saturated carbocycles. The Labute approximate surface area is 184 Å². The van der Waals surface area contributed by atoms with E-state index in [1.54, 1.807) is 60.7 Å². The maximum Gasteiger partial charge on any atom is 0.266 e. The van der Waals surface area contributed by atoms with Crippen LogP contribution in [0.15, 0.2) is 72.8 Å². The average molecular weight is 419 g/mol. The first-order chi connectivity index (χ1) is 15.5. The van der Waals surface area contributed by atoms with Crippen LogP contribution in [0.2, 0.25) is 0 Å². The minimum absolute atomic E-state index is 0.250. The van der Waals surface area contributed by atoms with Gasteiger partial charge in [-0.15, -0.1) is 0 Å². The summed E-state index contributed by atoms with van der Waals surface area (Å²) in [5.74, 6) is -0.0210. The van der Waals surface area contributed by atoms with E-state index in [4.69, 9.17) is 10.00 Å². The molecule has 32 heavy (non-hydrogen) atoms. The minimum Gasteiger partial charge on any atom is -0.487 e. The van der Waals surface area contributed by atoms with Gasteiger partial charge in [0.05, 0.1) is 39.7 Å². The average Bonchev–Trinajstić information content (AvgIpc) is 3.08. The number of fused-ring (bicyclic) bond motifs is 2. The second kappa shape index (κ2) is 7.64. The number of nitrogens with zero attached hydrogens (tertiary/aromatic N) is 3. The molecule has 0 saturated heterocycles. The molecule has 0 bridgehead atoms. The number of aromatic nitrogens is 1. The molecule has 0 aliphatic carbocycles. The molecule has 154 valence electrons. The van der Waals surface area contributed by atoms with E-state index in [0.29, 0.717) is 33.6 Å². The van der Waals surface area contributed by atoms with Gasteiger partial charge in [0.15, 0.2) is 0 Å². The third-order valence-corrected chi connectivity index (χ3v) is 5.48. The number of carbonyl (C=O) groups excluding carboxylic acids is 2. The van der Waals surface area contributed by atoms with Crippen LogP contribution in [0.1, 0.15) is 37.5 Å². The van der Waals surface area contributed by atoms with Gasteiger partial charge in [-0.05, 0) is 67.1 Å². The first-order valence-electron chi connectivity index (χ1n) is 10.1. The molecule has 1 aliphatic rings. The fourth-order valence-corrected chi connectivity index (χ4v) is 3.88. The minimum atomic E-state index is -0.332. The van der Waals surface area contributed by atoms with E-state index in [-0.39, 0.29) is 18.4 Å². The van der Waals surface area contributed by atoms with Crippen molar-refractivity contribution in [2.45, 2.75) is 13.5 Å². The molecule has 2 amide bonds. The second-order valence-corrected chi connectivity index (χ2v) is 7.55. The van der Waals surface area contributed by atoms with Crippen molar-refractivity contribution in [3.05, 3.63) is 101 Å². The predicted molar refractivity (Wildman–Crippen MR) is 120 cm³/mol. The summed E-state index contributed by atoms with van der Waals surface area (Å²) in [6.07, 6.45) is 0. The predicted octanol–water partition coefficient (Wildman–Crippen LogP) is 4.79. The zero-order valence-electron chi connectivity index (χ0n) is 17.2. The van der Waals surface area contributed by atoms with Gasteiger partial charge in [-0.1, -0.05) is 18.2 Å². The fraction of sp³-hybridized carbons (Fsp3) is 0.0769. The van der Waals surface area contributed by atoms with Crippen LogP contribution >= 0.6 is 0 Å². The number of imide groups is 1. The van der Waals surface area contributed by atoms with Crippen molar-refractivity contribution < 1.29 is 14.3 Å². The zero-order valence-corrected chi connectivity index (χ0v) is 17.2. The fourth-order valence-electron chi connectivity index (χ4n) is 3.88. The Kier molecular flexibility index (Phi) is 4.65. The third kappa shape index (κ3) is 3.26. The van der Waals surface area contributed by atoms with E-state index in [9.17, 15) is 9.59 Å². The van der Waals surface area contributed by atoms with Crippen LogP contribution in [0.4, 0.5) is 5.69 Å². The smallest absolute Gasteiger partial charge is 0.266 e. The summed E-state index contributed by atoms with van der Waals surface area (Å²) in [6.45, 7) is 2.23.